The second-order valence-corrected chi connectivity index (χ2v) is 5.26. The highest BCUT2D eigenvalue weighted by atomic mass is 15.1. The lowest BCUT2D eigenvalue weighted by atomic mass is 9.82. The summed E-state index contributed by atoms with van der Waals surface area (Å²) < 4.78 is 0. The quantitative estimate of drug-likeness (QED) is 0.607. The minimum absolute atomic E-state index is 0.479. The van der Waals surface area contributed by atoms with Gasteiger partial charge in [0.05, 0.1) is 0 Å². The molecule has 78 valence electrons. The summed E-state index contributed by atoms with van der Waals surface area (Å²) in [5.74, 6) is 0.925. The van der Waals surface area contributed by atoms with Gasteiger partial charge in [-0.25, -0.2) is 0 Å². The first-order valence-corrected chi connectivity index (χ1v) is 5.81. The maximum Gasteiger partial charge on any atom is 0.0161 e. The van der Waals surface area contributed by atoms with E-state index in [-0.39, 0.29) is 0 Å². The molecule has 2 bridgehead atoms. The molecule has 0 spiro atoms. The summed E-state index contributed by atoms with van der Waals surface area (Å²) in [5.41, 5.74) is 0.957. The highest BCUT2D eigenvalue weighted by molar-refractivity contribution is 5.07. The van der Waals surface area contributed by atoms with Gasteiger partial charge in [0, 0.05) is 11.1 Å². The van der Waals surface area contributed by atoms with Crippen LogP contribution in [-0.4, -0.2) is 11.1 Å². The normalized spacial score (nSPS) is 48.2. The molecule has 2 atom stereocenters. The second kappa shape index (κ2) is 3.61. The van der Waals surface area contributed by atoms with Crippen molar-refractivity contribution in [2.24, 2.45) is 5.92 Å². The first kappa shape index (κ1) is 11.0. The van der Waals surface area contributed by atoms with Crippen LogP contribution >= 0.6 is 0 Å². The van der Waals surface area contributed by atoms with Crippen LogP contribution in [0.5, 0.6) is 0 Å². The maximum absolute atomic E-state index is 3.77. The van der Waals surface area contributed by atoms with Gasteiger partial charge >= 0.3 is 0 Å². The molecule has 2 saturated heterocycles. The highest BCUT2D eigenvalue weighted by Crippen LogP contribution is 2.44. The first-order valence-electron chi connectivity index (χ1n) is 5.81. The molecule has 2 heterocycles. The molecule has 2 unspecified atom stereocenters. The zero-order valence-electron chi connectivity index (χ0n) is 9.91. The Morgan fingerprint density at radius 1 is 1.00 bits per heavy atom. The van der Waals surface area contributed by atoms with Crippen molar-refractivity contribution in [3.8, 4) is 0 Å². The van der Waals surface area contributed by atoms with Crippen LogP contribution < -0.4 is 5.32 Å². The zero-order valence-corrected chi connectivity index (χ0v) is 9.91. The fraction of sp³-hybridized carbons (Fsp3) is 1.00. The molecule has 0 aromatic carbocycles. The molecule has 0 radical (unpaired) electrons. The van der Waals surface area contributed by atoms with Gasteiger partial charge in [-0.05, 0) is 45.4 Å². The Hall–Kier alpha value is -0.0400. The molecule has 0 aliphatic carbocycles. The van der Waals surface area contributed by atoms with Gasteiger partial charge in [-0.1, -0.05) is 20.8 Å². The summed E-state index contributed by atoms with van der Waals surface area (Å²) in [6.45, 7) is 11.2. The van der Waals surface area contributed by atoms with E-state index >= 15 is 0 Å². The van der Waals surface area contributed by atoms with Gasteiger partial charge in [-0.15, -0.1) is 0 Å². The van der Waals surface area contributed by atoms with Gasteiger partial charge < -0.3 is 5.32 Å². The van der Waals surface area contributed by atoms with Gasteiger partial charge in [0.15, 0.2) is 0 Å². The molecular formula is C12H25N. The zero-order chi connectivity index (χ0) is 10.1. The lowest BCUT2D eigenvalue weighted by molar-refractivity contribution is 0.182. The van der Waals surface area contributed by atoms with Crippen molar-refractivity contribution in [1.29, 1.82) is 0 Å². The maximum atomic E-state index is 3.77. The summed E-state index contributed by atoms with van der Waals surface area (Å²) in [6, 6.07) is 0. The smallest absolute Gasteiger partial charge is 0.0161 e. The van der Waals surface area contributed by atoms with Crippen LogP contribution in [0.3, 0.4) is 0 Å². The van der Waals surface area contributed by atoms with Crippen LogP contribution in [0.15, 0.2) is 0 Å². The Labute approximate surface area is 83.3 Å². The van der Waals surface area contributed by atoms with Crippen molar-refractivity contribution in [3.63, 3.8) is 0 Å². The van der Waals surface area contributed by atoms with E-state index in [9.17, 15) is 0 Å². The first-order chi connectivity index (χ1) is 6.02. The third kappa shape index (κ3) is 2.25. The van der Waals surface area contributed by atoms with E-state index in [0.29, 0.717) is 11.1 Å². The van der Waals surface area contributed by atoms with Gasteiger partial charge in [0.25, 0.3) is 0 Å². The number of piperidine rings is 1. The number of nitrogens with one attached hydrogen (secondary N) is 1. The predicted octanol–water partition coefficient (Wildman–Crippen LogP) is 3.34. The molecule has 0 saturated carbocycles. The molecule has 2 aliphatic rings. The van der Waals surface area contributed by atoms with Crippen molar-refractivity contribution >= 4 is 0 Å². The standard InChI is InChI=1S/C10H19N.C2H6/c1-8-6-9(2)4-5-10(3,7-8)11-9;1-2/h8,11H,4-7H2,1-3H3;1-2H3. The fourth-order valence-corrected chi connectivity index (χ4v) is 3.32. The Morgan fingerprint density at radius 3 is 1.77 bits per heavy atom. The molecule has 0 aromatic heterocycles. The van der Waals surface area contributed by atoms with E-state index in [1.54, 1.807) is 0 Å². The monoisotopic (exact) mass is 183 g/mol. The fourth-order valence-electron chi connectivity index (χ4n) is 3.32. The Bertz CT molecular complexity index is 160. The summed E-state index contributed by atoms with van der Waals surface area (Å²) >= 11 is 0. The van der Waals surface area contributed by atoms with E-state index in [1.165, 1.54) is 25.7 Å². The molecule has 1 heteroatoms. The van der Waals surface area contributed by atoms with Gasteiger partial charge in [0.1, 0.15) is 0 Å². The number of hydrogen-bond donors (Lipinski definition) is 1. The van der Waals surface area contributed by atoms with E-state index in [2.05, 4.69) is 26.1 Å². The topological polar surface area (TPSA) is 12.0 Å². The predicted molar refractivity (Wildman–Crippen MR) is 58.9 cm³/mol. The summed E-state index contributed by atoms with van der Waals surface area (Å²) in [7, 11) is 0. The average Bonchev–Trinajstić information content (AvgIpc) is 2.24. The van der Waals surface area contributed by atoms with Crippen LogP contribution in [-0.2, 0) is 0 Å². The molecule has 13 heavy (non-hydrogen) atoms. The van der Waals surface area contributed by atoms with E-state index in [1.807, 2.05) is 13.8 Å². The summed E-state index contributed by atoms with van der Waals surface area (Å²) in [4.78, 5) is 0. The minimum atomic E-state index is 0.479. The average molecular weight is 183 g/mol. The molecule has 1 nitrogen and oxygen atoms in total. The molecule has 2 fully saturated rings. The lowest BCUT2D eigenvalue weighted by Crippen LogP contribution is -2.53. The van der Waals surface area contributed by atoms with Crippen LogP contribution in [0.2, 0.25) is 0 Å². The third-order valence-electron chi connectivity index (χ3n) is 3.43. The van der Waals surface area contributed by atoms with Crippen LogP contribution in [0.1, 0.15) is 60.3 Å². The largest absolute Gasteiger partial charge is 0.306 e. The Kier molecular flexibility index (Phi) is 3.06. The minimum Gasteiger partial charge on any atom is -0.306 e. The molecule has 0 amide bonds. The lowest BCUT2D eigenvalue weighted by Gasteiger charge is -2.40. The molecule has 2 aliphatic heterocycles. The summed E-state index contributed by atoms with van der Waals surface area (Å²) in [6.07, 6.45) is 5.52. The Morgan fingerprint density at radius 2 is 1.38 bits per heavy atom. The van der Waals surface area contributed by atoms with Crippen molar-refractivity contribution in [2.75, 3.05) is 0 Å². The molecule has 2 rings (SSSR count). The van der Waals surface area contributed by atoms with Crippen LogP contribution in [0.4, 0.5) is 0 Å². The SMILES string of the molecule is CC.CC1CC2(C)CCC(C)(C1)N2. The molecule has 0 aromatic rings. The molecule has 1 N–H and O–H groups in total. The highest BCUT2D eigenvalue weighted by Gasteiger charge is 2.46. The van der Waals surface area contributed by atoms with Crippen molar-refractivity contribution in [2.45, 2.75) is 71.4 Å². The summed E-state index contributed by atoms with van der Waals surface area (Å²) in [5, 5.41) is 3.77. The van der Waals surface area contributed by atoms with Crippen LogP contribution in [0, 0.1) is 5.92 Å². The van der Waals surface area contributed by atoms with Crippen molar-refractivity contribution in [1.82, 2.24) is 5.32 Å². The van der Waals surface area contributed by atoms with E-state index in [0.717, 1.165) is 5.92 Å². The van der Waals surface area contributed by atoms with Gasteiger partial charge in [-0.3, -0.25) is 0 Å². The van der Waals surface area contributed by atoms with Gasteiger partial charge in [-0.2, -0.15) is 0 Å². The number of rotatable bonds is 0. The van der Waals surface area contributed by atoms with Crippen molar-refractivity contribution in [3.05, 3.63) is 0 Å². The number of fused-ring (bicyclic) bond motifs is 2. The molecular weight excluding hydrogens is 158 g/mol. The van der Waals surface area contributed by atoms with E-state index < -0.39 is 0 Å². The Balaban J connectivity index is 0.000000396. The second-order valence-electron chi connectivity index (χ2n) is 5.26. The third-order valence-corrected chi connectivity index (χ3v) is 3.43. The van der Waals surface area contributed by atoms with Crippen molar-refractivity contribution < 1.29 is 0 Å². The number of hydrogen-bond acceptors (Lipinski definition) is 1. The van der Waals surface area contributed by atoms with Crippen LogP contribution in [0.25, 0.3) is 0 Å². The van der Waals surface area contributed by atoms with E-state index in [4.69, 9.17) is 0 Å². The van der Waals surface area contributed by atoms with Gasteiger partial charge in [0.2, 0.25) is 0 Å².